The minimum atomic E-state index is 0.0160. The Bertz CT molecular complexity index is 436. The fourth-order valence-electron chi connectivity index (χ4n) is 2.41. The fourth-order valence-corrected chi connectivity index (χ4v) is 2.41. The molecule has 4 heteroatoms. The van der Waals surface area contributed by atoms with Gasteiger partial charge in [-0.05, 0) is 36.9 Å². The van der Waals surface area contributed by atoms with Gasteiger partial charge in [-0.25, -0.2) is 0 Å². The molecule has 1 aliphatic carbocycles. The number of carbonyl (C=O) groups excluding carboxylic acids is 1. The first-order valence-electron chi connectivity index (χ1n) is 6.32. The van der Waals surface area contributed by atoms with Gasteiger partial charge in [-0.2, -0.15) is 0 Å². The molecule has 1 aromatic carbocycles. The maximum absolute atomic E-state index is 12.2. The van der Waals surface area contributed by atoms with E-state index in [0.717, 1.165) is 12.8 Å². The van der Waals surface area contributed by atoms with E-state index in [2.05, 4.69) is 0 Å². The van der Waals surface area contributed by atoms with Crippen LogP contribution < -0.4 is 10.6 Å². The molecule has 1 aromatic rings. The lowest BCUT2D eigenvalue weighted by Gasteiger charge is -2.41. The number of phenolic OH excluding ortho intramolecular Hbond substituents is 1. The van der Waals surface area contributed by atoms with Gasteiger partial charge in [0, 0.05) is 25.2 Å². The Kier molecular flexibility index (Phi) is 3.57. The van der Waals surface area contributed by atoms with Gasteiger partial charge in [0.05, 0.1) is 0 Å². The summed E-state index contributed by atoms with van der Waals surface area (Å²) in [5.74, 6) is 0.232. The molecular weight excluding hydrogens is 228 g/mol. The first kappa shape index (κ1) is 12.9. The second-order valence-electron chi connectivity index (χ2n) is 5.21. The number of phenols is 1. The van der Waals surface area contributed by atoms with Crippen molar-refractivity contribution in [1.82, 2.24) is 0 Å². The lowest BCUT2D eigenvalue weighted by molar-refractivity contribution is -0.121. The number of benzene rings is 1. The molecule has 0 spiro atoms. The summed E-state index contributed by atoms with van der Waals surface area (Å²) in [5.41, 5.74) is 6.50. The average molecular weight is 248 g/mol. The molecule has 1 aliphatic rings. The number of nitrogens with zero attached hydrogens (tertiary/aromatic N) is 1. The van der Waals surface area contributed by atoms with Crippen molar-refractivity contribution in [3.05, 3.63) is 24.3 Å². The Morgan fingerprint density at radius 3 is 2.72 bits per heavy atom. The molecule has 3 N–H and O–H groups in total. The van der Waals surface area contributed by atoms with E-state index in [1.807, 2.05) is 6.07 Å². The highest BCUT2D eigenvalue weighted by Crippen LogP contribution is 2.43. The molecule has 1 saturated carbocycles. The highest BCUT2D eigenvalue weighted by molar-refractivity contribution is 5.93. The highest BCUT2D eigenvalue weighted by Gasteiger charge is 2.38. The second-order valence-corrected chi connectivity index (χ2v) is 5.21. The summed E-state index contributed by atoms with van der Waals surface area (Å²) in [6, 6.07) is 6.73. The zero-order valence-corrected chi connectivity index (χ0v) is 10.7. The van der Waals surface area contributed by atoms with Gasteiger partial charge < -0.3 is 15.7 Å². The Labute approximate surface area is 107 Å². The predicted octanol–water partition coefficient (Wildman–Crippen LogP) is 1.87. The molecular formula is C14H20N2O2. The lowest BCUT2D eigenvalue weighted by atomic mass is 9.66. The van der Waals surface area contributed by atoms with Crippen LogP contribution >= 0.6 is 0 Å². The highest BCUT2D eigenvalue weighted by atomic mass is 16.3. The van der Waals surface area contributed by atoms with Crippen LogP contribution in [0.25, 0.3) is 0 Å². The predicted molar refractivity (Wildman–Crippen MR) is 71.5 cm³/mol. The van der Waals surface area contributed by atoms with E-state index in [-0.39, 0.29) is 17.1 Å². The zero-order valence-electron chi connectivity index (χ0n) is 10.7. The van der Waals surface area contributed by atoms with Gasteiger partial charge in [-0.15, -0.1) is 0 Å². The maximum atomic E-state index is 12.2. The Morgan fingerprint density at radius 1 is 1.50 bits per heavy atom. The van der Waals surface area contributed by atoms with E-state index in [0.29, 0.717) is 18.7 Å². The molecule has 0 radical (unpaired) electrons. The molecule has 98 valence electrons. The monoisotopic (exact) mass is 248 g/mol. The topological polar surface area (TPSA) is 66.6 Å². The summed E-state index contributed by atoms with van der Waals surface area (Å²) in [5, 5.41) is 9.42. The quantitative estimate of drug-likeness (QED) is 0.855. The van der Waals surface area contributed by atoms with Crippen LogP contribution in [0.15, 0.2) is 24.3 Å². The number of rotatable bonds is 4. The van der Waals surface area contributed by atoms with Crippen molar-refractivity contribution < 1.29 is 9.90 Å². The van der Waals surface area contributed by atoms with E-state index in [9.17, 15) is 9.90 Å². The first-order valence-corrected chi connectivity index (χ1v) is 6.32. The van der Waals surface area contributed by atoms with Crippen LogP contribution in [0.4, 0.5) is 5.69 Å². The minimum Gasteiger partial charge on any atom is -0.508 e. The molecule has 0 saturated heterocycles. The van der Waals surface area contributed by atoms with Crippen molar-refractivity contribution in [2.24, 2.45) is 11.1 Å². The van der Waals surface area contributed by atoms with Crippen LogP contribution in [-0.2, 0) is 4.79 Å². The number of anilines is 1. The zero-order chi connectivity index (χ0) is 13.2. The molecule has 0 aliphatic heterocycles. The van der Waals surface area contributed by atoms with Crippen molar-refractivity contribution in [2.75, 3.05) is 18.5 Å². The van der Waals surface area contributed by atoms with Gasteiger partial charge in [-0.3, -0.25) is 4.79 Å². The van der Waals surface area contributed by atoms with Crippen LogP contribution in [0, 0.1) is 5.41 Å². The number of carbonyl (C=O) groups is 1. The number of nitrogens with two attached hydrogens (primary N) is 1. The number of amides is 1. The SMILES string of the molecule is CN(C(=O)CC1(CN)CCC1)c1cccc(O)c1. The summed E-state index contributed by atoms with van der Waals surface area (Å²) < 4.78 is 0. The summed E-state index contributed by atoms with van der Waals surface area (Å²) in [7, 11) is 1.74. The van der Waals surface area contributed by atoms with Crippen molar-refractivity contribution in [3.63, 3.8) is 0 Å². The number of hydrogen-bond donors (Lipinski definition) is 2. The molecule has 2 rings (SSSR count). The van der Waals surface area contributed by atoms with E-state index in [1.54, 1.807) is 30.1 Å². The maximum Gasteiger partial charge on any atom is 0.227 e. The minimum absolute atomic E-state index is 0.0160. The molecule has 18 heavy (non-hydrogen) atoms. The molecule has 0 heterocycles. The van der Waals surface area contributed by atoms with Crippen molar-refractivity contribution in [2.45, 2.75) is 25.7 Å². The van der Waals surface area contributed by atoms with E-state index in [4.69, 9.17) is 5.73 Å². The Hall–Kier alpha value is -1.55. The molecule has 1 fully saturated rings. The van der Waals surface area contributed by atoms with E-state index >= 15 is 0 Å². The van der Waals surface area contributed by atoms with Gasteiger partial charge >= 0.3 is 0 Å². The molecule has 0 aromatic heterocycles. The summed E-state index contributed by atoms with van der Waals surface area (Å²) in [6.07, 6.45) is 3.75. The number of aromatic hydroxyl groups is 1. The van der Waals surface area contributed by atoms with Gasteiger partial charge in [-0.1, -0.05) is 12.5 Å². The van der Waals surface area contributed by atoms with E-state index in [1.165, 1.54) is 6.42 Å². The van der Waals surface area contributed by atoms with Crippen molar-refractivity contribution in [1.29, 1.82) is 0 Å². The smallest absolute Gasteiger partial charge is 0.227 e. The summed E-state index contributed by atoms with van der Waals surface area (Å²) >= 11 is 0. The van der Waals surface area contributed by atoms with Gasteiger partial charge in [0.15, 0.2) is 0 Å². The van der Waals surface area contributed by atoms with Gasteiger partial charge in [0.25, 0.3) is 0 Å². The molecule has 1 amide bonds. The molecule has 0 unspecified atom stereocenters. The first-order chi connectivity index (χ1) is 8.56. The van der Waals surface area contributed by atoms with Crippen molar-refractivity contribution >= 4 is 11.6 Å². The largest absolute Gasteiger partial charge is 0.508 e. The van der Waals surface area contributed by atoms with Crippen molar-refractivity contribution in [3.8, 4) is 5.75 Å². The standard InChI is InChI=1S/C14H20N2O2/c1-16(11-4-2-5-12(17)8-11)13(18)9-14(10-15)6-3-7-14/h2,4-5,8,17H,3,6-7,9-10,15H2,1H3. The van der Waals surface area contributed by atoms with Crippen LogP contribution in [0.3, 0.4) is 0 Å². The summed E-state index contributed by atoms with van der Waals surface area (Å²) in [6.45, 7) is 0.576. The van der Waals surface area contributed by atoms with Crippen LogP contribution in [0.5, 0.6) is 5.75 Å². The Morgan fingerprint density at radius 2 is 2.22 bits per heavy atom. The van der Waals surface area contributed by atoms with Crippen LogP contribution in [0.2, 0.25) is 0 Å². The van der Waals surface area contributed by atoms with E-state index < -0.39 is 0 Å². The third-order valence-corrected chi connectivity index (χ3v) is 3.96. The average Bonchev–Trinajstić information content (AvgIpc) is 2.32. The third-order valence-electron chi connectivity index (χ3n) is 3.96. The molecule has 0 atom stereocenters. The Balaban J connectivity index is 2.05. The lowest BCUT2D eigenvalue weighted by Crippen LogP contribution is -2.42. The van der Waals surface area contributed by atoms with Crippen LogP contribution in [0.1, 0.15) is 25.7 Å². The second kappa shape index (κ2) is 4.98. The normalized spacial score (nSPS) is 17.0. The molecule has 4 nitrogen and oxygen atoms in total. The summed E-state index contributed by atoms with van der Waals surface area (Å²) in [4.78, 5) is 13.8. The third kappa shape index (κ3) is 2.48. The van der Waals surface area contributed by atoms with Crippen LogP contribution in [-0.4, -0.2) is 24.6 Å². The molecule has 0 bridgehead atoms. The number of hydrogen-bond acceptors (Lipinski definition) is 3. The fraction of sp³-hybridized carbons (Fsp3) is 0.500. The van der Waals surface area contributed by atoms with Gasteiger partial charge in [0.1, 0.15) is 5.75 Å². The van der Waals surface area contributed by atoms with Gasteiger partial charge in [0.2, 0.25) is 5.91 Å².